The molecule has 3 N–H and O–H groups in total. The maximum absolute atomic E-state index is 11.3. The van der Waals surface area contributed by atoms with Gasteiger partial charge in [-0.15, -0.1) is 11.3 Å². The van der Waals surface area contributed by atoms with Gasteiger partial charge in [-0.1, -0.05) is 6.07 Å². The lowest BCUT2D eigenvalue weighted by Crippen LogP contribution is -2.12. The largest absolute Gasteiger partial charge is 0.380 e. The van der Waals surface area contributed by atoms with Crippen LogP contribution < -0.4 is 10.5 Å². The highest BCUT2D eigenvalue weighted by Gasteiger charge is 2.10. The molecule has 1 aromatic carbocycles. The second-order valence-corrected chi connectivity index (χ2v) is 6.96. The van der Waals surface area contributed by atoms with Crippen molar-refractivity contribution in [2.24, 2.45) is 5.14 Å². The second-order valence-electron chi connectivity index (χ2n) is 4.40. The quantitative estimate of drug-likeness (QED) is 0.911. The highest BCUT2D eigenvalue weighted by atomic mass is 32.2. The van der Waals surface area contributed by atoms with Crippen molar-refractivity contribution < 1.29 is 8.42 Å². The molecule has 0 radical (unpaired) electrons. The molecule has 0 saturated heterocycles. The highest BCUT2D eigenvalue weighted by Crippen LogP contribution is 2.22. The fourth-order valence-electron chi connectivity index (χ4n) is 1.73. The Morgan fingerprint density at radius 2 is 1.95 bits per heavy atom. The van der Waals surface area contributed by atoms with Crippen molar-refractivity contribution in [3.8, 4) is 0 Å². The molecule has 4 nitrogen and oxygen atoms in total. The summed E-state index contributed by atoms with van der Waals surface area (Å²) in [5, 5.41) is 10.4. The van der Waals surface area contributed by atoms with Gasteiger partial charge in [0.1, 0.15) is 0 Å². The van der Waals surface area contributed by atoms with E-state index in [2.05, 4.69) is 18.3 Å². The number of aryl methyl sites for hydroxylation is 2. The van der Waals surface area contributed by atoms with E-state index >= 15 is 0 Å². The van der Waals surface area contributed by atoms with E-state index in [0.29, 0.717) is 6.54 Å². The van der Waals surface area contributed by atoms with Crippen molar-refractivity contribution in [3.05, 3.63) is 45.6 Å². The van der Waals surface area contributed by atoms with Gasteiger partial charge in [0.25, 0.3) is 0 Å². The van der Waals surface area contributed by atoms with Crippen molar-refractivity contribution in [2.75, 3.05) is 5.32 Å². The van der Waals surface area contributed by atoms with Crippen molar-refractivity contribution >= 4 is 27.0 Å². The van der Waals surface area contributed by atoms with Gasteiger partial charge in [-0.25, -0.2) is 13.6 Å². The first kappa shape index (κ1) is 14.0. The Bertz CT molecular complexity index is 690. The van der Waals surface area contributed by atoms with Gasteiger partial charge in [0.15, 0.2) is 0 Å². The van der Waals surface area contributed by atoms with E-state index < -0.39 is 10.0 Å². The van der Waals surface area contributed by atoms with E-state index in [1.807, 2.05) is 12.3 Å². The molecule has 1 aromatic heterocycles. The zero-order valence-corrected chi connectivity index (χ0v) is 12.4. The molecule has 1 heterocycles. The smallest absolute Gasteiger partial charge is 0.238 e. The molecular formula is C13H16N2O2S2. The van der Waals surface area contributed by atoms with Crippen LogP contribution >= 0.6 is 11.3 Å². The Morgan fingerprint density at radius 3 is 2.53 bits per heavy atom. The first-order chi connectivity index (χ1) is 8.88. The van der Waals surface area contributed by atoms with E-state index in [9.17, 15) is 8.42 Å². The van der Waals surface area contributed by atoms with Gasteiger partial charge in [0.2, 0.25) is 10.0 Å². The summed E-state index contributed by atoms with van der Waals surface area (Å²) < 4.78 is 22.7. The van der Waals surface area contributed by atoms with Crippen molar-refractivity contribution in [3.63, 3.8) is 0 Å². The summed E-state index contributed by atoms with van der Waals surface area (Å²) in [6, 6.07) is 6.92. The molecule has 0 fully saturated rings. The first-order valence-corrected chi connectivity index (χ1v) is 8.21. The van der Waals surface area contributed by atoms with Crippen LogP contribution in [0.2, 0.25) is 0 Å². The van der Waals surface area contributed by atoms with Gasteiger partial charge >= 0.3 is 0 Å². The highest BCUT2D eigenvalue weighted by molar-refractivity contribution is 7.89. The number of hydrogen-bond donors (Lipinski definition) is 2. The molecule has 0 aliphatic heterocycles. The fraction of sp³-hybridized carbons (Fsp3) is 0.231. The maximum atomic E-state index is 11.3. The molecule has 0 saturated carbocycles. The maximum Gasteiger partial charge on any atom is 0.238 e. The summed E-state index contributed by atoms with van der Waals surface area (Å²) in [4.78, 5) is 1.36. The van der Waals surface area contributed by atoms with Crippen molar-refractivity contribution in [2.45, 2.75) is 25.3 Å². The lowest BCUT2D eigenvalue weighted by atomic mass is 10.2. The molecule has 0 aliphatic rings. The predicted molar refractivity (Wildman–Crippen MR) is 78.9 cm³/mol. The minimum Gasteiger partial charge on any atom is -0.380 e. The minimum absolute atomic E-state index is 0.128. The first-order valence-electron chi connectivity index (χ1n) is 5.78. The molecule has 0 atom stereocenters. The molecule has 6 heteroatoms. The Kier molecular flexibility index (Phi) is 3.93. The average Bonchev–Trinajstić information content (AvgIpc) is 2.72. The van der Waals surface area contributed by atoms with Crippen LogP contribution in [-0.4, -0.2) is 8.42 Å². The van der Waals surface area contributed by atoms with Gasteiger partial charge in [-0.2, -0.15) is 0 Å². The van der Waals surface area contributed by atoms with Crippen LogP contribution in [0.15, 0.2) is 34.5 Å². The summed E-state index contributed by atoms with van der Waals surface area (Å²) in [7, 11) is -3.66. The standard InChI is InChI=1S/C13H16N2O2S2/c1-9-3-4-11(19(14,16)17)7-12(9)15-8-13-10(2)5-6-18-13/h3-7,15H,8H2,1-2H3,(H2,14,16,17). The Labute approximate surface area is 117 Å². The van der Waals surface area contributed by atoms with Crippen LogP contribution in [0.3, 0.4) is 0 Å². The average molecular weight is 296 g/mol. The summed E-state index contributed by atoms with van der Waals surface area (Å²) in [5.74, 6) is 0. The van der Waals surface area contributed by atoms with E-state index in [0.717, 1.165) is 11.3 Å². The number of sulfonamides is 1. The molecule has 0 bridgehead atoms. The summed E-state index contributed by atoms with van der Waals surface area (Å²) in [6.07, 6.45) is 0. The number of benzene rings is 1. The summed E-state index contributed by atoms with van der Waals surface area (Å²) >= 11 is 1.68. The molecular weight excluding hydrogens is 280 g/mol. The zero-order chi connectivity index (χ0) is 14.0. The van der Waals surface area contributed by atoms with Crippen LogP contribution in [0.1, 0.15) is 16.0 Å². The van der Waals surface area contributed by atoms with Crippen molar-refractivity contribution in [1.82, 2.24) is 0 Å². The van der Waals surface area contributed by atoms with Gasteiger partial charge in [0.05, 0.1) is 4.90 Å². The van der Waals surface area contributed by atoms with Crippen LogP contribution in [-0.2, 0) is 16.6 Å². The number of thiophene rings is 1. The molecule has 102 valence electrons. The van der Waals surface area contributed by atoms with Crippen molar-refractivity contribution in [1.29, 1.82) is 0 Å². The number of anilines is 1. The van der Waals surface area contributed by atoms with Crippen LogP contribution in [0, 0.1) is 13.8 Å². The number of nitrogens with one attached hydrogen (secondary N) is 1. The molecule has 19 heavy (non-hydrogen) atoms. The van der Waals surface area contributed by atoms with Gasteiger partial charge < -0.3 is 5.32 Å². The lowest BCUT2D eigenvalue weighted by Gasteiger charge is -2.10. The molecule has 0 amide bonds. The zero-order valence-electron chi connectivity index (χ0n) is 10.8. The molecule has 0 unspecified atom stereocenters. The monoisotopic (exact) mass is 296 g/mol. The Balaban J connectivity index is 2.23. The number of nitrogens with two attached hydrogens (primary N) is 1. The normalized spacial score (nSPS) is 11.5. The Hall–Kier alpha value is -1.37. The van der Waals surface area contributed by atoms with Gasteiger partial charge in [-0.05, 0) is 48.6 Å². The molecule has 2 aromatic rings. The molecule has 0 aliphatic carbocycles. The van der Waals surface area contributed by atoms with E-state index in [1.54, 1.807) is 23.5 Å². The number of hydrogen-bond acceptors (Lipinski definition) is 4. The van der Waals surface area contributed by atoms with E-state index in [4.69, 9.17) is 5.14 Å². The summed E-state index contributed by atoms with van der Waals surface area (Å²) in [5.41, 5.74) is 3.01. The predicted octanol–water partition coefficient (Wildman–Crippen LogP) is 2.62. The third-order valence-electron chi connectivity index (χ3n) is 2.95. The summed E-state index contributed by atoms with van der Waals surface area (Å²) in [6.45, 7) is 4.66. The molecule has 0 spiro atoms. The van der Waals surface area contributed by atoms with Crippen LogP contribution in [0.5, 0.6) is 0 Å². The third kappa shape index (κ3) is 3.34. The van der Waals surface area contributed by atoms with E-state index in [1.165, 1.54) is 16.5 Å². The minimum atomic E-state index is -3.66. The number of rotatable bonds is 4. The van der Waals surface area contributed by atoms with Crippen LogP contribution in [0.4, 0.5) is 5.69 Å². The lowest BCUT2D eigenvalue weighted by molar-refractivity contribution is 0.598. The van der Waals surface area contributed by atoms with Gasteiger partial charge in [0, 0.05) is 17.1 Å². The topological polar surface area (TPSA) is 72.2 Å². The molecule has 2 rings (SSSR count). The third-order valence-corrected chi connectivity index (χ3v) is 4.88. The fourth-order valence-corrected chi connectivity index (χ4v) is 3.11. The second kappa shape index (κ2) is 5.32. The number of primary sulfonamides is 1. The van der Waals surface area contributed by atoms with Crippen LogP contribution in [0.25, 0.3) is 0 Å². The Morgan fingerprint density at radius 1 is 1.21 bits per heavy atom. The van der Waals surface area contributed by atoms with Gasteiger partial charge in [-0.3, -0.25) is 0 Å². The van der Waals surface area contributed by atoms with E-state index in [-0.39, 0.29) is 4.90 Å². The SMILES string of the molecule is Cc1ccc(S(N)(=O)=O)cc1NCc1sccc1C.